The van der Waals surface area contributed by atoms with E-state index in [1.165, 1.54) is 11.1 Å². The molecule has 0 spiro atoms. The molecule has 0 bridgehead atoms. The lowest BCUT2D eigenvalue weighted by molar-refractivity contribution is 0.102. The molecule has 5 aromatic rings. The molecule has 0 aliphatic heterocycles. The van der Waals surface area contributed by atoms with Crippen molar-refractivity contribution in [3.8, 4) is 17.2 Å². The van der Waals surface area contributed by atoms with Gasteiger partial charge in [0, 0.05) is 22.3 Å². The van der Waals surface area contributed by atoms with Crippen LogP contribution in [0, 0.1) is 6.92 Å². The average molecular weight is 603 g/mol. The van der Waals surface area contributed by atoms with Crippen LogP contribution < -0.4 is 9.47 Å². The Morgan fingerprint density at radius 3 is 1.09 bits per heavy atom. The molecule has 0 N–H and O–H groups in total. The second kappa shape index (κ2) is 19.3. The first-order valence-corrected chi connectivity index (χ1v) is 15.7. The van der Waals surface area contributed by atoms with E-state index in [1.807, 2.05) is 109 Å². The molecule has 0 aromatic heterocycles. The van der Waals surface area contributed by atoms with E-state index in [4.69, 9.17) is 9.47 Å². The van der Waals surface area contributed by atoms with E-state index in [2.05, 4.69) is 12.1 Å². The van der Waals surface area contributed by atoms with Gasteiger partial charge in [0.25, 0.3) is 0 Å². The normalized spacial score (nSPS) is 9.60. The average Bonchev–Trinajstić information content (AvgIpc) is 3.12. The molecule has 45 heavy (non-hydrogen) atoms. The first kappa shape index (κ1) is 36.2. The third-order valence-corrected chi connectivity index (χ3v) is 6.57. The van der Waals surface area contributed by atoms with Gasteiger partial charge in [-0.2, -0.15) is 0 Å². The SMILES string of the molecule is CC.CC.CC.COc1ccc(Cc2ccc(Oc3ccc(C(=O)c4ccc(C(=O)c5ccc(C)cc5)cc4)cc3)cc2)cc1. The maximum absolute atomic E-state index is 13.0. The molecule has 4 heteroatoms. The molecule has 5 aromatic carbocycles. The molecule has 0 aliphatic rings. The van der Waals surface area contributed by atoms with Crippen molar-refractivity contribution in [1.29, 1.82) is 0 Å². The van der Waals surface area contributed by atoms with Gasteiger partial charge in [-0.1, -0.05) is 120 Å². The van der Waals surface area contributed by atoms with Gasteiger partial charge in [0.1, 0.15) is 17.2 Å². The number of ketones is 2. The van der Waals surface area contributed by atoms with Gasteiger partial charge in [0.15, 0.2) is 11.6 Å². The Hall–Kier alpha value is -4.96. The predicted molar refractivity (Wildman–Crippen MR) is 187 cm³/mol. The number of hydrogen-bond donors (Lipinski definition) is 0. The van der Waals surface area contributed by atoms with Crippen LogP contribution >= 0.6 is 0 Å². The molecule has 4 nitrogen and oxygen atoms in total. The highest BCUT2D eigenvalue weighted by Crippen LogP contribution is 2.24. The fraction of sp³-hybridized carbons (Fsp3) is 0.220. The molecule has 0 radical (unpaired) electrons. The number of aryl methyl sites for hydroxylation is 1. The van der Waals surface area contributed by atoms with Gasteiger partial charge >= 0.3 is 0 Å². The minimum absolute atomic E-state index is 0.0655. The van der Waals surface area contributed by atoms with Crippen LogP contribution in [0.5, 0.6) is 17.2 Å². The fourth-order valence-electron chi connectivity index (χ4n) is 4.28. The summed E-state index contributed by atoms with van der Waals surface area (Å²) < 4.78 is 11.2. The Balaban J connectivity index is 0.00000111. The van der Waals surface area contributed by atoms with Crippen LogP contribution in [0.15, 0.2) is 121 Å². The van der Waals surface area contributed by atoms with Crippen LogP contribution in [0.1, 0.15) is 90.1 Å². The quantitative estimate of drug-likeness (QED) is 0.158. The van der Waals surface area contributed by atoms with E-state index < -0.39 is 0 Å². The van der Waals surface area contributed by atoms with Gasteiger partial charge in [-0.3, -0.25) is 9.59 Å². The van der Waals surface area contributed by atoms with Crippen LogP contribution in [0.3, 0.4) is 0 Å². The maximum atomic E-state index is 13.0. The van der Waals surface area contributed by atoms with E-state index >= 15 is 0 Å². The third-order valence-electron chi connectivity index (χ3n) is 6.57. The first-order chi connectivity index (χ1) is 22.0. The van der Waals surface area contributed by atoms with Crippen molar-refractivity contribution in [3.63, 3.8) is 0 Å². The largest absolute Gasteiger partial charge is 0.497 e. The minimum Gasteiger partial charge on any atom is -0.497 e. The van der Waals surface area contributed by atoms with Gasteiger partial charge < -0.3 is 9.47 Å². The van der Waals surface area contributed by atoms with Crippen LogP contribution in [0.25, 0.3) is 0 Å². The molecule has 0 unspecified atom stereocenters. The number of benzene rings is 5. The summed E-state index contributed by atoms with van der Waals surface area (Å²) in [6.45, 7) is 14.0. The zero-order valence-corrected chi connectivity index (χ0v) is 27.9. The van der Waals surface area contributed by atoms with Crippen LogP contribution in [0.4, 0.5) is 0 Å². The fourth-order valence-corrected chi connectivity index (χ4v) is 4.28. The van der Waals surface area contributed by atoms with E-state index in [0.717, 1.165) is 23.5 Å². The van der Waals surface area contributed by atoms with Gasteiger partial charge in [-0.15, -0.1) is 0 Å². The van der Waals surface area contributed by atoms with Gasteiger partial charge in [-0.25, -0.2) is 0 Å². The highest BCUT2D eigenvalue weighted by Gasteiger charge is 2.13. The topological polar surface area (TPSA) is 52.6 Å². The summed E-state index contributed by atoms with van der Waals surface area (Å²) in [5.41, 5.74) is 5.74. The lowest BCUT2D eigenvalue weighted by atomic mass is 9.98. The molecule has 5 rings (SSSR count). The number of carbonyl (C=O) groups is 2. The lowest BCUT2D eigenvalue weighted by Gasteiger charge is -2.09. The zero-order chi connectivity index (χ0) is 33.2. The van der Waals surface area contributed by atoms with E-state index in [1.54, 1.807) is 55.6 Å². The summed E-state index contributed by atoms with van der Waals surface area (Å²) in [6.07, 6.45) is 0.822. The van der Waals surface area contributed by atoms with Crippen LogP contribution in [0.2, 0.25) is 0 Å². The van der Waals surface area contributed by atoms with Crippen molar-refractivity contribution in [3.05, 3.63) is 160 Å². The summed E-state index contributed by atoms with van der Waals surface area (Å²) in [7, 11) is 1.66. The number of methoxy groups -OCH3 is 1. The summed E-state index contributed by atoms with van der Waals surface area (Å²) in [5.74, 6) is 2.04. The molecule has 0 fully saturated rings. The standard InChI is InChI=1S/C35H28O4.3C2H6/c1-24-3-9-27(10-4-24)34(36)28-11-13-29(14-12-28)35(37)30-15-21-33(22-16-30)39-32-19-7-26(8-20-32)23-25-5-17-31(38-2)18-6-25;3*1-2/h3-22H,23H2,1-2H3;3*1-2H3. The highest BCUT2D eigenvalue weighted by atomic mass is 16.5. The molecule has 0 atom stereocenters. The molecule has 0 heterocycles. The molecular formula is C41H46O4. The van der Waals surface area contributed by atoms with Crippen molar-refractivity contribution >= 4 is 11.6 Å². The Labute approximate surface area is 269 Å². The number of rotatable bonds is 9. The zero-order valence-electron chi connectivity index (χ0n) is 27.9. The molecule has 0 saturated heterocycles. The van der Waals surface area contributed by atoms with Crippen molar-refractivity contribution in [1.82, 2.24) is 0 Å². The van der Waals surface area contributed by atoms with Crippen LogP contribution in [-0.4, -0.2) is 18.7 Å². The first-order valence-electron chi connectivity index (χ1n) is 15.7. The maximum Gasteiger partial charge on any atom is 0.193 e. The summed E-state index contributed by atoms with van der Waals surface area (Å²) in [5, 5.41) is 0. The molecule has 0 aliphatic carbocycles. The molecular weight excluding hydrogens is 556 g/mol. The second-order valence-corrected chi connectivity index (χ2v) is 9.40. The number of ether oxygens (including phenoxy) is 2. The monoisotopic (exact) mass is 602 g/mol. The Bertz CT molecular complexity index is 1570. The van der Waals surface area contributed by atoms with Gasteiger partial charge in [0.05, 0.1) is 7.11 Å². The minimum atomic E-state index is -0.112. The van der Waals surface area contributed by atoms with E-state index in [9.17, 15) is 9.59 Å². The highest BCUT2D eigenvalue weighted by molar-refractivity contribution is 6.11. The molecule has 0 amide bonds. The number of hydrogen-bond acceptors (Lipinski definition) is 4. The Morgan fingerprint density at radius 1 is 0.444 bits per heavy atom. The predicted octanol–water partition coefficient (Wildman–Crippen LogP) is 10.9. The number of carbonyl (C=O) groups excluding carboxylic acids is 2. The van der Waals surface area contributed by atoms with Gasteiger partial charge in [0.2, 0.25) is 0 Å². The summed E-state index contributed by atoms with van der Waals surface area (Å²) >= 11 is 0. The van der Waals surface area contributed by atoms with E-state index in [0.29, 0.717) is 28.0 Å². The van der Waals surface area contributed by atoms with Gasteiger partial charge in [-0.05, 0) is 73.0 Å². The van der Waals surface area contributed by atoms with Crippen molar-refractivity contribution in [2.75, 3.05) is 7.11 Å². The molecule has 234 valence electrons. The Morgan fingerprint density at radius 2 is 0.733 bits per heavy atom. The van der Waals surface area contributed by atoms with Crippen LogP contribution in [-0.2, 0) is 6.42 Å². The van der Waals surface area contributed by atoms with Crippen molar-refractivity contribution < 1.29 is 19.1 Å². The smallest absolute Gasteiger partial charge is 0.193 e. The molecule has 0 saturated carbocycles. The Kier molecular flexibility index (Phi) is 15.6. The third kappa shape index (κ3) is 10.6. The lowest BCUT2D eigenvalue weighted by Crippen LogP contribution is -2.04. The second-order valence-electron chi connectivity index (χ2n) is 9.40. The summed E-state index contributed by atoms with van der Waals surface area (Å²) in [4.78, 5) is 25.7. The van der Waals surface area contributed by atoms with Crippen molar-refractivity contribution in [2.45, 2.75) is 54.9 Å². The summed E-state index contributed by atoms with van der Waals surface area (Å²) in [6, 6.07) is 37.3. The van der Waals surface area contributed by atoms with Crippen molar-refractivity contribution in [2.24, 2.45) is 0 Å². The van der Waals surface area contributed by atoms with E-state index in [-0.39, 0.29) is 11.6 Å².